The lowest BCUT2D eigenvalue weighted by molar-refractivity contribution is -0.144. The summed E-state index contributed by atoms with van der Waals surface area (Å²) in [5, 5.41) is 45.0. The Labute approximate surface area is 475 Å². The van der Waals surface area contributed by atoms with E-state index in [-0.39, 0.29) is 40.4 Å². The predicted molar refractivity (Wildman–Crippen MR) is 295 cm³/mol. The zero-order valence-electron chi connectivity index (χ0n) is 46.4. The normalized spacial score (nSPS) is 26.5. The number of ketones is 3. The number of piperidine rings is 1. The predicted octanol–water partition coefficient (Wildman–Crippen LogP) is -1.45. The second-order valence-electron chi connectivity index (χ2n) is 21.6. The molecule has 0 saturated carbocycles. The number of hydrogen-bond donors (Lipinski definition) is 10. The van der Waals surface area contributed by atoms with E-state index in [9.17, 15) is 68.1 Å². The molecule has 11 N–H and O–H groups in total. The number of carbonyl (C=O) groups excluding carboxylic acids is 11. The standard InChI is InChI=1S/C54H77N9O16S2/c1-6-27(2)35-18-31(66)21-56-49(73)30-16-36-34-10-11-43(79-5)37(25-80-33-12-14-62(15-13-33)46(72)9-7-8-28(3)65)48(34)61-53(36)81(78)26-39(58-45(71)22-57-50(35)74)51(75)59-38(20-44(55)70)54(77)63-23-32(67)19-40(63)52(76)60-47(41(68)17-30)29(4)42(69)24-64/h10-11,27,29-30,32-33,35,38-40,42,47,61,64,67,69H,6-9,12-26H2,1-5H3,(H2,55,70)(H,56,73)(H,57,74)(H,58,71)(H,59,75)(H,60,76)/t27-,29-,30+,32+,35-,38-,39-,40-,42-,47-,81?/m0/s1. The van der Waals surface area contributed by atoms with Crippen molar-refractivity contribution in [2.24, 2.45) is 29.4 Å². The van der Waals surface area contributed by atoms with Crippen LogP contribution >= 0.6 is 11.8 Å². The number of fused-ring (bicyclic) bond motifs is 5. The van der Waals surface area contributed by atoms with Crippen LogP contribution in [0.1, 0.15) is 103 Å². The smallest absolute Gasteiger partial charge is 0.246 e. The summed E-state index contributed by atoms with van der Waals surface area (Å²) in [5.74, 6) is -12.5. The van der Waals surface area contributed by atoms with Crippen LogP contribution in [0.25, 0.3) is 10.9 Å². The van der Waals surface area contributed by atoms with Crippen molar-refractivity contribution < 1.29 is 77.0 Å². The molecule has 0 radical (unpaired) electrons. The molecule has 2 fully saturated rings. The van der Waals surface area contributed by atoms with Gasteiger partial charge in [-0.2, -0.15) is 11.8 Å². The first-order valence-corrected chi connectivity index (χ1v) is 29.8. The number of nitrogens with zero attached hydrogens (tertiary/aromatic N) is 2. The van der Waals surface area contributed by atoms with Crippen molar-refractivity contribution in [2.45, 2.75) is 151 Å². The topological polar surface area (TPSA) is 383 Å². The molecule has 6 rings (SSSR count). The second-order valence-corrected chi connectivity index (χ2v) is 24.4. The van der Waals surface area contributed by atoms with Crippen LogP contribution in [0.4, 0.5) is 0 Å². The quantitative estimate of drug-likeness (QED) is 0.0975. The van der Waals surface area contributed by atoms with E-state index < -0.39 is 181 Å². The number of ether oxygens (including phenoxy) is 1. The van der Waals surface area contributed by atoms with Gasteiger partial charge in [0.1, 0.15) is 34.7 Å². The second kappa shape index (κ2) is 29.1. The lowest BCUT2D eigenvalue weighted by atomic mass is 9.85. The largest absolute Gasteiger partial charge is 0.496 e. The van der Waals surface area contributed by atoms with Crippen molar-refractivity contribution in [1.29, 1.82) is 0 Å². The fourth-order valence-corrected chi connectivity index (χ4v) is 13.4. The molecule has 25 nitrogen and oxygen atoms in total. The van der Waals surface area contributed by atoms with E-state index in [1.165, 1.54) is 21.0 Å². The highest BCUT2D eigenvalue weighted by Crippen LogP contribution is 2.39. The van der Waals surface area contributed by atoms with Gasteiger partial charge in [0, 0.05) is 91.4 Å². The number of nitrogens with two attached hydrogens (primary N) is 1. The first-order valence-electron chi connectivity index (χ1n) is 27.5. The molecule has 2 aromatic rings. The van der Waals surface area contributed by atoms with Gasteiger partial charge in [-0.05, 0) is 56.2 Å². The lowest BCUT2D eigenvalue weighted by Gasteiger charge is -2.32. The van der Waals surface area contributed by atoms with Crippen LogP contribution in [-0.2, 0) is 75.7 Å². The maximum absolute atomic E-state index is 15.3. The molecule has 0 spiro atoms. The summed E-state index contributed by atoms with van der Waals surface area (Å²) in [6.07, 6.45) is -2.94. The van der Waals surface area contributed by atoms with Crippen LogP contribution in [0, 0.1) is 23.7 Å². The van der Waals surface area contributed by atoms with Crippen molar-refractivity contribution in [3.05, 3.63) is 23.3 Å². The summed E-state index contributed by atoms with van der Waals surface area (Å²) in [6, 6.07) is -3.59. The Bertz CT molecular complexity index is 2750. The van der Waals surface area contributed by atoms with Crippen LogP contribution in [0.3, 0.4) is 0 Å². The Morgan fingerprint density at radius 3 is 2.27 bits per heavy atom. The van der Waals surface area contributed by atoms with E-state index in [4.69, 9.17) is 10.5 Å². The summed E-state index contributed by atoms with van der Waals surface area (Å²) in [5.41, 5.74) is 6.78. The van der Waals surface area contributed by atoms with E-state index in [0.717, 1.165) is 4.90 Å². The molecule has 4 aliphatic rings. The maximum atomic E-state index is 15.3. The molecule has 1 aromatic heterocycles. The van der Waals surface area contributed by atoms with Gasteiger partial charge in [0.2, 0.25) is 47.3 Å². The summed E-state index contributed by atoms with van der Waals surface area (Å²) in [7, 11) is -0.938. The number of aliphatic hydroxyl groups is 3. The molecule has 2 bridgehead atoms. The number of benzene rings is 1. The number of hydrogen-bond acceptors (Lipinski definition) is 17. The minimum atomic E-state index is -2.40. The van der Waals surface area contributed by atoms with Gasteiger partial charge in [-0.3, -0.25) is 52.2 Å². The van der Waals surface area contributed by atoms with Gasteiger partial charge >= 0.3 is 0 Å². The van der Waals surface area contributed by atoms with Crippen LogP contribution in [0.15, 0.2) is 17.2 Å². The number of primary amides is 1. The molecule has 81 heavy (non-hydrogen) atoms. The number of Topliss-reactive ketones (excluding diaryl/α,β-unsaturated/α-hetero) is 3. The molecule has 27 heteroatoms. The fourth-order valence-electron chi connectivity index (χ4n) is 10.8. The lowest BCUT2D eigenvalue weighted by Crippen LogP contribution is -2.60. The van der Waals surface area contributed by atoms with Gasteiger partial charge in [-0.25, -0.2) is 0 Å². The number of aromatic nitrogens is 1. The summed E-state index contributed by atoms with van der Waals surface area (Å²) in [6.45, 7) is 4.63. The maximum Gasteiger partial charge on any atom is 0.246 e. The van der Waals surface area contributed by atoms with Crippen molar-refractivity contribution in [2.75, 3.05) is 52.2 Å². The molecule has 1 aromatic carbocycles. The molecule has 8 amide bonds. The highest BCUT2D eigenvalue weighted by Gasteiger charge is 2.45. The molecule has 2 saturated heterocycles. The third-order valence-electron chi connectivity index (χ3n) is 15.8. The van der Waals surface area contributed by atoms with E-state index in [0.29, 0.717) is 73.2 Å². The van der Waals surface area contributed by atoms with Gasteiger partial charge in [0.05, 0.1) is 73.5 Å². The third-order valence-corrected chi connectivity index (χ3v) is 18.7. The Balaban J connectivity index is 1.52. The average Bonchev–Trinajstić information content (AvgIpc) is 4.04. The number of aromatic amines is 1. The molecule has 4 aliphatic heterocycles. The van der Waals surface area contributed by atoms with Gasteiger partial charge in [-0.15, -0.1) is 0 Å². The van der Waals surface area contributed by atoms with Gasteiger partial charge in [0.15, 0.2) is 11.6 Å². The first kappa shape index (κ1) is 63.9. The zero-order chi connectivity index (χ0) is 59.4. The minimum absolute atomic E-state index is 0.0139. The van der Waals surface area contributed by atoms with Crippen LogP contribution in [0.5, 0.6) is 5.75 Å². The Morgan fingerprint density at radius 1 is 0.914 bits per heavy atom. The summed E-state index contributed by atoms with van der Waals surface area (Å²) >= 11 is 1.58. The Morgan fingerprint density at radius 2 is 1.62 bits per heavy atom. The van der Waals surface area contributed by atoms with Crippen molar-refractivity contribution >= 4 is 98.1 Å². The van der Waals surface area contributed by atoms with E-state index in [1.54, 1.807) is 42.6 Å². The first-order chi connectivity index (χ1) is 38.4. The summed E-state index contributed by atoms with van der Waals surface area (Å²) in [4.78, 5) is 158. The molecule has 0 aliphatic carbocycles. The average molecular weight is 1170 g/mol. The highest BCUT2D eigenvalue weighted by atomic mass is 32.2. The van der Waals surface area contributed by atoms with E-state index in [1.807, 2.05) is 0 Å². The Kier molecular flexibility index (Phi) is 23.0. The Hall–Kier alpha value is -6.29. The van der Waals surface area contributed by atoms with E-state index in [2.05, 4.69) is 31.6 Å². The number of methoxy groups -OCH3 is 1. The number of rotatable bonds is 15. The van der Waals surface area contributed by atoms with E-state index >= 15 is 4.21 Å². The van der Waals surface area contributed by atoms with Crippen LogP contribution in [0.2, 0.25) is 0 Å². The van der Waals surface area contributed by atoms with Gasteiger partial charge in [-0.1, -0.05) is 27.2 Å². The molecule has 11 atom stereocenters. The van der Waals surface area contributed by atoms with Gasteiger partial charge in [0.25, 0.3) is 0 Å². The summed E-state index contributed by atoms with van der Waals surface area (Å²) < 4.78 is 21.2. The van der Waals surface area contributed by atoms with Gasteiger partial charge < -0.3 is 72.0 Å². The number of likely N-dealkylation sites (tertiary alicyclic amines) is 1. The molecule has 5 heterocycles. The monoisotopic (exact) mass is 1170 g/mol. The molecule has 1 unspecified atom stereocenters. The fraction of sp³-hybridized carbons (Fsp3) is 0.648. The van der Waals surface area contributed by atoms with Crippen LogP contribution < -0.4 is 37.1 Å². The number of aliphatic hydroxyl groups excluding tert-OH is 3. The zero-order valence-corrected chi connectivity index (χ0v) is 48.0. The number of amides is 8. The third kappa shape index (κ3) is 16.5. The van der Waals surface area contributed by atoms with Crippen molar-refractivity contribution in [1.82, 2.24) is 41.4 Å². The number of nitrogens with one attached hydrogen (secondary N) is 6. The van der Waals surface area contributed by atoms with Crippen molar-refractivity contribution in [3.8, 4) is 5.75 Å². The van der Waals surface area contributed by atoms with Crippen molar-refractivity contribution in [3.63, 3.8) is 0 Å². The van der Waals surface area contributed by atoms with Crippen LogP contribution in [-0.4, -0.2) is 193 Å². The number of H-pyrrole nitrogens is 1. The molecule has 446 valence electrons. The SMILES string of the molecule is CC[C@H](C)[C@@H]1CC(=O)CNC(=O)[C@H]2CC(=O)[C@H]([C@@H](C)[C@@H](O)CO)NC(=O)[C@@H]3C[C@@H](O)CN3C(=O)[C@H](CC(N)=O)NC(=O)[C@H](CS(=O)c3[nH]c4c(CSC5CCN(C(=O)CCCC(C)=O)CC5)c(OC)ccc4c3C2)NC(=O)CNC1=O. The molecular formula is C54H77N9O16S2. The number of thioether (sulfide) groups is 1. The highest BCUT2D eigenvalue weighted by molar-refractivity contribution is 7.99. The minimum Gasteiger partial charge on any atom is -0.496 e. The molecular weight excluding hydrogens is 1090 g/mol. The number of carbonyl (C=O) groups is 11.